The highest BCUT2D eigenvalue weighted by molar-refractivity contribution is 6.30. The zero-order valence-corrected chi connectivity index (χ0v) is 11.4. The fourth-order valence-electron chi connectivity index (χ4n) is 1.68. The molecule has 0 aliphatic rings. The maximum absolute atomic E-state index is 12.0. The van der Waals surface area contributed by atoms with E-state index in [0.29, 0.717) is 10.6 Å². The molecule has 0 saturated carbocycles. The van der Waals surface area contributed by atoms with Crippen molar-refractivity contribution in [1.29, 1.82) is 0 Å². The van der Waals surface area contributed by atoms with Gasteiger partial charge in [-0.3, -0.25) is 4.79 Å². The molecule has 2 N–H and O–H groups in total. The lowest BCUT2D eigenvalue weighted by Crippen LogP contribution is -2.11. The Kier molecular flexibility index (Phi) is 4.42. The number of anilines is 2. The summed E-state index contributed by atoms with van der Waals surface area (Å²) < 4.78 is 0. The molecule has 0 saturated heterocycles. The summed E-state index contributed by atoms with van der Waals surface area (Å²) in [5.41, 5.74) is 2.35. The van der Waals surface area contributed by atoms with Gasteiger partial charge >= 0.3 is 0 Å². The van der Waals surface area contributed by atoms with Crippen molar-refractivity contribution in [2.45, 2.75) is 6.92 Å². The Morgan fingerprint density at radius 2 is 1.58 bits per heavy atom. The van der Waals surface area contributed by atoms with E-state index in [1.54, 1.807) is 36.4 Å². The van der Waals surface area contributed by atoms with E-state index in [2.05, 4.69) is 10.6 Å². The highest BCUT2D eigenvalue weighted by Crippen LogP contribution is 2.15. The third-order valence-electron chi connectivity index (χ3n) is 2.63. The Morgan fingerprint density at radius 3 is 2.16 bits per heavy atom. The molecule has 0 aliphatic heterocycles. The molecule has 98 valence electrons. The lowest BCUT2D eigenvalue weighted by atomic mass is 10.2. The van der Waals surface area contributed by atoms with Gasteiger partial charge < -0.3 is 10.6 Å². The van der Waals surface area contributed by atoms with Crippen LogP contribution < -0.4 is 10.6 Å². The van der Waals surface area contributed by atoms with E-state index in [9.17, 15) is 4.79 Å². The standard InChI is InChI=1S/C15H15ClN2O/c1-2-17-13-7-3-11(4-8-13)15(19)18-14-9-5-12(16)6-10-14/h3-10,17H,2H2,1H3,(H,18,19). The number of benzene rings is 2. The minimum absolute atomic E-state index is 0.134. The Morgan fingerprint density at radius 1 is 1.00 bits per heavy atom. The molecule has 2 rings (SSSR count). The van der Waals surface area contributed by atoms with Gasteiger partial charge in [0, 0.05) is 28.5 Å². The van der Waals surface area contributed by atoms with Crippen LogP contribution in [-0.4, -0.2) is 12.5 Å². The summed E-state index contributed by atoms with van der Waals surface area (Å²) in [4.78, 5) is 12.0. The number of rotatable bonds is 4. The van der Waals surface area contributed by atoms with Crippen LogP contribution in [0.4, 0.5) is 11.4 Å². The molecule has 2 aromatic carbocycles. The van der Waals surface area contributed by atoms with E-state index in [1.165, 1.54) is 0 Å². The first kappa shape index (κ1) is 13.4. The van der Waals surface area contributed by atoms with Crippen molar-refractivity contribution in [3.05, 3.63) is 59.1 Å². The van der Waals surface area contributed by atoms with Crippen LogP contribution in [0.2, 0.25) is 5.02 Å². The van der Waals surface area contributed by atoms with E-state index in [-0.39, 0.29) is 5.91 Å². The van der Waals surface area contributed by atoms with E-state index >= 15 is 0 Å². The van der Waals surface area contributed by atoms with E-state index < -0.39 is 0 Å². The molecule has 0 fully saturated rings. The number of nitrogens with one attached hydrogen (secondary N) is 2. The number of halogens is 1. The molecule has 0 radical (unpaired) electrons. The molecule has 3 nitrogen and oxygen atoms in total. The van der Waals surface area contributed by atoms with Crippen molar-refractivity contribution in [3.8, 4) is 0 Å². The topological polar surface area (TPSA) is 41.1 Å². The van der Waals surface area contributed by atoms with Crippen molar-refractivity contribution in [2.24, 2.45) is 0 Å². The molecule has 0 aromatic heterocycles. The monoisotopic (exact) mass is 274 g/mol. The first-order valence-corrected chi connectivity index (χ1v) is 6.47. The molecule has 0 unspecified atom stereocenters. The van der Waals surface area contributed by atoms with Crippen LogP contribution >= 0.6 is 11.6 Å². The minimum Gasteiger partial charge on any atom is -0.385 e. The van der Waals surface area contributed by atoms with Crippen LogP contribution in [0.5, 0.6) is 0 Å². The van der Waals surface area contributed by atoms with Crippen molar-refractivity contribution in [2.75, 3.05) is 17.2 Å². The molecule has 2 aromatic rings. The lowest BCUT2D eigenvalue weighted by Gasteiger charge is -2.07. The second-order valence-electron chi connectivity index (χ2n) is 4.07. The van der Waals surface area contributed by atoms with Gasteiger partial charge in [-0.2, -0.15) is 0 Å². The highest BCUT2D eigenvalue weighted by atomic mass is 35.5. The first-order chi connectivity index (χ1) is 9.19. The van der Waals surface area contributed by atoms with Crippen molar-refractivity contribution in [3.63, 3.8) is 0 Å². The molecule has 0 atom stereocenters. The zero-order valence-electron chi connectivity index (χ0n) is 10.6. The SMILES string of the molecule is CCNc1ccc(C(=O)Nc2ccc(Cl)cc2)cc1. The average molecular weight is 275 g/mol. The van der Waals surface area contributed by atoms with Gasteiger partial charge in [-0.1, -0.05) is 11.6 Å². The zero-order chi connectivity index (χ0) is 13.7. The summed E-state index contributed by atoms with van der Waals surface area (Å²) in [7, 11) is 0. The quantitative estimate of drug-likeness (QED) is 0.884. The maximum Gasteiger partial charge on any atom is 0.255 e. The second kappa shape index (κ2) is 6.25. The summed E-state index contributed by atoms with van der Waals surface area (Å²) in [5.74, 6) is -0.134. The molecule has 4 heteroatoms. The number of hydrogen-bond donors (Lipinski definition) is 2. The Labute approximate surface area is 117 Å². The van der Waals surface area contributed by atoms with Crippen molar-refractivity contribution >= 4 is 28.9 Å². The van der Waals surface area contributed by atoms with Gasteiger partial charge in [0.05, 0.1) is 0 Å². The van der Waals surface area contributed by atoms with Crippen LogP contribution in [0.1, 0.15) is 17.3 Å². The highest BCUT2D eigenvalue weighted by Gasteiger charge is 2.05. The first-order valence-electron chi connectivity index (χ1n) is 6.10. The molecule has 19 heavy (non-hydrogen) atoms. The van der Waals surface area contributed by atoms with Crippen LogP contribution in [0.3, 0.4) is 0 Å². The van der Waals surface area contributed by atoms with Crippen molar-refractivity contribution in [1.82, 2.24) is 0 Å². The number of carbonyl (C=O) groups excluding carboxylic acids is 1. The van der Waals surface area contributed by atoms with Crippen LogP contribution in [0.25, 0.3) is 0 Å². The van der Waals surface area contributed by atoms with Gasteiger partial charge in [-0.05, 0) is 55.5 Å². The minimum atomic E-state index is -0.134. The summed E-state index contributed by atoms with van der Waals surface area (Å²) in [6, 6.07) is 14.4. The molecule has 0 bridgehead atoms. The number of amides is 1. The number of carbonyl (C=O) groups is 1. The maximum atomic E-state index is 12.0. The summed E-state index contributed by atoms with van der Waals surface area (Å²) in [5, 5.41) is 6.65. The van der Waals surface area contributed by atoms with Gasteiger partial charge in [0.2, 0.25) is 0 Å². The normalized spacial score (nSPS) is 10.0. The smallest absolute Gasteiger partial charge is 0.255 e. The predicted molar refractivity (Wildman–Crippen MR) is 80.0 cm³/mol. The number of hydrogen-bond acceptors (Lipinski definition) is 2. The Bertz CT molecular complexity index is 549. The summed E-state index contributed by atoms with van der Waals surface area (Å²) in [6.07, 6.45) is 0. The molecule has 0 heterocycles. The van der Waals surface area contributed by atoms with Crippen LogP contribution in [0.15, 0.2) is 48.5 Å². The third-order valence-corrected chi connectivity index (χ3v) is 2.88. The molecule has 1 amide bonds. The van der Waals surface area contributed by atoms with Crippen molar-refractivity contribution < 1.29 is 4.79 Å². The second-order valence-corrected chi connectivity index (χ2v) is 4.51. The largest absolute Gasteiger partial charge is 0.385 e. The van der Waals surface area contributed by atoms with Gasteiger partial charge in [-0.15, -0.1) is 0 Å². The molecule has 0 aliphatic carbocycles. The van der Waals surface area contributed by atoms with Crippen LogP contribution in [0, 0.1) is 0 Å². The lowest BCUT2D eigenvalue weighted by molar-refractivity contribution is 0.102. The van der Waals surface area contributed by atoms with Crippen LogP contribution in [-0.2, 0) is 0 Å². The van der Waals surface area contributed by atoms with E-state index in [0.717, 1.165) is 17.9 Å². The fourth-order valence-corrected chi connectivity index (χ4v) is 1.81. The Hall–Kier alpha value is -2.00. The summed E-state index contributed by atoms with van der Waals surface area (Å²) in [6.45, 7) is 2.89. The molecular formula is C15H15ClN2O. The predicted octanol–water partition coefficient (Wildman–Crippen LogP) is 4.02. The summed E-state index contributed by atoms with van der Waals surface area (Å²) >= 11 is 5.79. The fraction of sp³-hybridized carbons (Fsp3) is 0.133. The molecular weight excluding hydrogens is 260 g/mol. The Balaban J connectivity index is 2.05. The van der Waals surface area contributed by atoms with Gasteiger partial charge in [0.25, 0.3) is 5.91 Å². The van der Waals surface area contributed by atoms with Gasteiger partial charge in [0.1, 0.15) is 0 Å². The van der Waals surface area contributed by atoms with Gasteiger partial charge in [0.15, 0.2) is 0 Å². The van der Waals surface area contributed by atoms with E-state index in [4.69, 9.17) is 11.6 Å². The van der Waals surface area contributed by atoms with E-state index in [1.807, 2.05) is 19.1 Å². The molecule has 0 spiro atoms. The third kappa shape index (κ3) is 3.73. The van der Waals surface area contributed by atoms with Gasteiger partial charge in [-0.25, -0.2) is 0 Å². The average Bonchev–Trinajstić information content (AvgIpc) is 2.42.